The van der Waals surface area contributed by atoms with Gasteiger partial charge < -0.3 is 21.8 Å². The van der Waals surface area contributed by atoms with Crippen LogP contribution >= 0.6 is 11.3 Å². The predicted octanol–water partition coefficient (Wildman–Crippen LogP) is 1.63. The second-order valence-corrected chi connectivity index (χ2v) is 7.20. The van der Waals surface area contributed by atoms with Crippen molar-refractivity contribution in [2.24, 2.45) is 11.5 Å². The highest BCUT2D eigenvalue weighted by atomic mass is 32.1. The molecule has 0 radical (unpaired) electrons. The summed E-state index contributed by atoms with van der Waals surface area (Å²) in [4.78, 5) is 26.6. The Balaban J connectivity index is 1.88. The van der Waals surface area contributed by atoms with Crippen LogP contribution in [0, 0.1) is 5.41 Å². The summed E-state index contributed by atoms with van der Waals surface area (Å²) < 4.78 is 0. The molecule has 0 aliphatic heterocycles. The van der Waals surface area contributed by atoms with Crippen LogP contribution in [0.25, 0.3) is 0 Å². The molecule has 25 heavy (non-hydrogen) atoms. The molecule has 0 bridgehead atoms. The quantitative estimate of drug-likeness (QED) is 0.518. The molecule has 1 aliphatic carbocycles. The first-order chi connectivity index (χ1) is 12.0. The van der Waals surface area contributed by atoms with Crippen LogP contribution in [0.15, 0.2) is 28.5 Å². The lowest BCUT2D eigenvalue weighted by Crippen LogP contribution is -2.34. The van der Waals surface area contributed by atoms with E-state index in [4.69, 9.17) is 16.9 Å². The van der Waals surface area contributed by atoms with Crippen LogP contribution in [0.5, 0.6) is 0 Å². The molecule has 2 heterocycles. The molecule has 1 aliphatic rings. The molecule has 0 spiro atoms. The smallest absolute Gasteiger partial charge is 0.259 e. The van der Waals surface area contributed by atoms with Gasteiger partial charge in [0.25, 0.3) is 11.5 Å². The minimum atomic E-state index is -0.539. The Morgan fingerprint density at radius 3 is 2.68 bits per heavy atom. The molecule has 7 N–H and O–H groups in total. The van der Waals surface area contributed by atoms with Crippen molar-refractivity contribution in [3.05, 3.63) is 50.1 Å². The second-order valence-electron chi connectivity index (χ2n) is 6.29. The molecule has 7 nitrogen and oxygen atoms in total. The number of rotatable bonds is 5. The average Bonchev–Trinajstić information content (AvgIpc) is 3.07. The molecule has 0 aromatic carbocycles. The Bertz CT molecular complexity index is 849. The minimum absolute atomic E-state index is 0.0700. The lowest BCUT2D eigenvalue weighted by atomic mass is 9.91. The van der Waals surface area contributed by atoms with E-state index < -0.39 is 5.91 Å². The number of thiophene rings is 1. The summed E-state index contributed by atoms with van der Waals surface area (Å²) in [7, 11) is 0. The van der Waals surface area contributed by atoms with Crippen LogP contribution in [0.4, 0.5) is 5.69 Å². The zero-order valence-corrected chi connectivity index (χ0v) is 14.5. The number of hydrogen-bond donors (Lipinski definition) is 5. The Labute approximate surface area is 149 Å². The van der Waals surface area contributed by atoms with Gasteiger partial charge in [-0.05, 0) is 37.8 Å². The lowest BCUT2D eigenvalue weighted by Gasteiger charge is -2.28. The lowest BCUT2D eigenvalue weighted by molar-refractivity contribution is 0.100. The van der Waals surface area contributed by atoms with Crippen LogP contribution < -0.4 is 22.3 Å². The average molecular weight is 359 g/mol. The van der Waals surface area contributed by atoms with Crippen molar-refractivity contribution in [2.75, 3.05) is 5.32 Å². The van der Waals surface area contributed by atoms with Gasteiger partial charge in [0, 0.05) is 29.2 Å². The normalized spacial score (nSPS) is 20.2. The first kappa shape index (κ1) is 17.4. The molecular weight excluding hydrogens is 338 g/mol. The highest BCUT2D eigenvalue weighted by Gasteiger charge is 2.22. The van der Waals surface area contributed by atoms with E-state index in [1.165, 1.54) is 11.3 Å². The number of anilines is 1. The number of aromatic nitrogens is 1. The fourth-order valence-electron chi connectivity index (χ4n) is 3.07. The highest BCUT2D eigenvalue weighted by molar-refractivity contribution is 7.12. The molecular formula is C17H21N5O2S. The summed E-state index contributed by atoms with van der Waals surface area (Å²) in [6.07, 6.45) is 5.33. The largest absolute Gasteiger partial charge is 0.382 e. The van der Waals surface area contributed by atoms with Gasteiger partial charge in [0.15, 0.2) is 0 Å². The second kappa shape index (κ2) is 7.20. The fourth-order valence-corrected chi connectivity index (χ4v) is 3.82. The third-order valence-electron chi connectivity index (χ3n) is 4.47. The summed E-state index contributed by atoms with van der Waals surface area (Å²) in [5.74, 6) is -0.539. The Morgan fingerprint density at radius 1 is 1.32 bits per heavy atom. The number of nitrogens with one attached hydrogen (secondary N) is 3. The van der Waals surface area contributed by atoms with Crippen LogP contribution in [-0.2, 0) is 0 Å². The number of pyridine rings is 1. The summed E-state index contributed by atoms with van der Waals surface area (Å²) in [6, 6.07) is 3.79. The topological polar surface area (TPSA) is 138 Å². The highest BCUT2D eigenvalue weighted by Crippen LogP contribution is 2.24. The van der Waals surface area contributed by atoms with Crippen molar-refractivity contribution in [3.63, 3.8) is 0 Å². The van der Waals surface area contributed by atoms with Gasteiger partial charge in [-0.25, -0.2) is 0 Å². The number of carbonyl (C=O) groups is 1. The minimum Gasteiger partial charge on any atom is -0.382 e. The summed E-state index contributed by atoms with van der Waals surface area (Å²) in [5.41, 5.74) is 12.3. The molecule has 1 amide bonds. The number of amides is 1. The Morgan fingerprint density at radius 2 is 2.04 bits per heavy atom. The number of primary amides is 1. The maximum atomic E-state index is 12.3. The number of hydrogen-bond acceptors (Lipinski definition) is 6. The number of aromatic amines is 1. The maximum Gasteiger partial charge on any atom is 0.259 e. The molecule has 3 rings (SSSR count). The molecule has 0 unspecified atom stereocenters. The van der Waals surface area contributed by atoms with E-state index in [9.17, 15) is 9.59 Å². The molecule has 0 saturated heterocycles. The van der Waals surface area contributed by atoms with Gasteiger partial charge in [0.2, 0.25) is 0 Å². The monoisotopic (exact) mass is 359 g/mol. The third-order valence-corrected chi connectivity index (χ3v) is 5.42. The van der Waals surface area contributed by atoms with Crippen LogP contribution in [0.1, 0.15) is 46.5 Å². The van der Waals surface area contributed by atoms with Gasteiger partial charge in [0.05, 0.1) is 21.8 Å². The van der Waals surface area contributed by atoms with Crippen molar-refractivity contribution >= 4 is 28.6 Å². The summed E-state index contributed by atoms with van der Waals surface area (Å²) in [5, 5.41) is 13.5. The van der Waals surface area contributed by atoms with E-state index in [2.05, 4.69) is 10.3 Å². The van der Waals surface area contributed by atoms with E-state index in [1.807, 2.05) is 0 Å². The van der Waals surface area contributed by atoms with E-state index in [0.29, 0.717) is 16.1 Å². The van der Waals surface area contributed by atoms with E-state index in [1.54, 1.807) is 23.7 Å². The van der Waals surface area contributed by atoms with Gasteiger partial charge in [-0.15, -0.1) is 11.3 Å². The standard InChI is InChI=1S/C17H21N5O2S/c18-10-1-3-11(4-2-10)22-12-5-6-21-17(24)14(12)15(19)9-7-13(16(20)23)25-8-9/h5-8,10-11,19H,1-4,18H2,(H2,20,23)(H2,21,22,24). The van der Waals surface area contributed by atoms with Crippen molar-refractivity contribution in [1.29, 1.82) is 5.41 Å². The van der Waals surface area contributed by atoms with Gasteiger partial charge in [0.1, 0.15) is 0 Å². The van der Waals surface area contributed by atoms with E-state index in [-0.39, 0.29) is 28.9 Å². The number of carbonyl (C=O) groups excluding carboxylic acids is 1. The van der Waals surface area contributed by atoms with Crippen LogP contribution in [0.3, 0.4) is 0 Å². The predicted molar refractivity (Wildman–Crippen MR) is 99.7 cm³/mol. The van der Waals surface area contributed by atoms with Gasteiger partial charge in [-0.1, -0.05) is 0 Å². The van der Waals surface area contributed by atoms with Crippen molar-refractivity contribution < 1.29 is 4.79 Å². The number of nitrogens with two attached hydrogens (primary N) is 2. The zero-order valence-electron chi connectivity index (χ0n) is 13.7. The maximum absolute atomic E-state index is 12.3. The SMILES string of the molecule is N=C(c1csc(C(N)=O)c1)c1c(NC2CCC(N)CC2)cc[nH]c1=O. The van der Waals surface area contributed by atoms with Crippen LogP contribution in [-0.4, -0.2) is 28.7 Å². The van der Waals surface area contributed by atoms with E-state index >= 15 is 0 Å². The fraction of sp³-hybridized carbons (Fsp3) is 0.353. The van der Waals surface area contributed by atoms with Crippen molar-refractivity contribution in [3.8, 4) is 0 Å². The Hall–Kier alpha value is -2.45. The van der Waals surface area contributed by atoms with Gasteiger partial charge >= 0.3 is 0 Å². The van der Waals surface area contributed by atoms with Crippen LogP contribution in [0.2, 0.25) is 0 Å². The Kier molecular flexibility index (Phi) is 5.00. The molecule has 1 fully saturated rings. The molecule has 8 heteroatoms. The first-order valence-electron chi connectivity index (χ1n) is 8.17. The zero-order chi connectivity index (χ0) is 18.0. The number of H-pyrrole nitrogens is 1. The molecule has 2 aromatic rings. The third kappa shape index (κ3) is 3.80. The summed E-state index contributed by atoms with van der Waals surface area (Å²) >= 11 is 1.17. The molecule has 132 valence electrons. The van der Waals surface area contributed by atoms with E-state index in [0.717, 1.165) is 25.7 Å². The van der Waals surface area contributed by atoms with Gasteiger partial charge in [-0.2, -0.15) is 0 Å². The summed E-state index contributed by atoms with van der Waals surface area (Å²) in [6.45, 7) is 0. The molecule has 1 saturated carbocycles. The molecule has 2 aromatic heterocycles. The van der Waals surface area contributed by atoms with Crippen molar-refractivity contribution in [2.45, 2.75) is 37.8 Å². The van der Waals surface area contributed by atoms with Crippen molar-refractivity contribution in [1.82, 2.24) is 4.98 Å². The first-order valence-corrected chi connectivity index (χ1v) is 9.05. The van der Waals surface area contributed by atoms with Gasteiger partial charge in [-0.3, -0.25) is 15.0 Å². The molecule has 0 atom stereocenters.